The molecule has 3 rings (SSSR count). The number of nitrogens with zero attached hydrogens (tertiary/aromatic N) is 3. The lowest BCUT2D eigenvalue weighted by Crippen LogP contribution is -2.43. The molecule has 1 N–H and O–H groups in total. The summed E-state index contributed by atoms with van der Waals surface area (Å²) in [6.45, 7) is -3.40. The molecule has 0 atom stereocenters. The molecule has 150 valence electrons. The second-order valence-electron chi connectivity index (χ2n) is 5.93. The quantitative estimate of drug-likeness (QED) is 0.715. The second-order valence-corrected chi connectivity index (χ2v) is 5.93. The van der Waals surface area contributed by atoms with Crippen molar-refractivity contribution in [1.82, 2.24) is 20.3 Å². The van der Waals surface area contributed by atoms with E-state index in [0.29, 0.717) is 11.6 Å². The van der Waals surface area contributed by atoms with E-state index < -0.39 is 49.1 Å². The number of pyridine rings is 1. The Morgan fingerprint density at radius 3 is 2.64 bits per heavy atom. The van der Waals surface area contributed by atoms with Gasteiger partial charge in [-0.25, -0.2) is 28.1 Å². The molecule has 1 aliphatic rings. The number of rotatable bonds is 7. The second kappa shape index (κ2) is 7.90. The van der Waals surface area contributed by atoms with Gasteiger partial charge in [0.25, 0.3) is 17.7 Å². The molecule has 1 amide bonds. The average molecular weight is 404 g/mol. The first-order valence-electron chi connectivity index (χ1n) is 7.95. The Balaban J connectivity index is 1.61. The van der Waals surface area contributed by atoms with Gasteiger partial charge in [-0.15, -0.1) is 0 Å². The van der Waals surface area contributed by atoms with Gasteiger partial charge in [0.05, 0.1) is 11.1 Å². The Bertz CT molecular complexity index is 860. The Labute approximate surface area is 154 Å². The number of carbonyl (C=O) groups is 1. The monoisotopic (exact) mass is 404 g/mol. The first-order chi connectivity index (χ1) is 13.2. The number of hydrogen-bond donors (Lipinski definition) is 1. The van der Waals surface area contributed by atoms with Gasteiger partial charge in [-0.2, -0.15) is 8.78 Å². The molecule has 1 fully saturated rings. The lowest BCUT2D eigenvalue weighted by molar-refractivity contribution is -0.135. The molecule has 28 heavy (non-hydrogen) atoms. The molecule has 0 radical (unpaired) electrons. The van der Waals surface area contributed by atoms with Gasteiger partial charge in [0, 0.05) is 31.8 Å². The largest absolute Gasteiger partial charge is 0.474 e. The summed E-state index contributed by atoms with van der Waals surface area (Å²) in [7, 11) is 0. The van der Waals surface area contributed by atoms with Crippen LogP contribution in [0.2, 0.25) is 0 Å². The van der Waals surface area contributed by atoms with Crippen molar-refractivity contribution in [1.29, 1.82) is 0 Å². The topological polar surface area (TPSA) is 86.2 Å². The maximum absolute atomic E-state index is 13.6. The fraction of sp³-hybridized carbons (Fsp3) is 0.375. The van der Waals surface area contributed by atoms with Crippen molar-refractivity contribution in [3.63, 3.8) is 0 Å². The summed E-state index contributed by atoms with van der Waals surface area (Å²) in [4.78, 5) is 23.1. The number of hydrogen-bond acceptors (Lipinski definition) is 6. The predicted octanol–water partition coefficient (Wildman–Crippen LogP) is 2.72. The van der Waals surface area contributed by atoms with Gasteiger partial charge in [-0.3, -0.25) is 4.79 Å². The van der Waals surface area contributed by atoms with Gasteiger partial charge >= 0.3 is 6.61 Å². The molecular formula is C16H13F5N4O3. The van der Waals surface area contributed by atoms with Crippen LogP contribution in [-0.4, -0.2) is 39.5 Å². The van der Waals surface area contributed by atoms with Gasteiger partial charge in [-0.05, 0) is 6.07 Å². The Morgan fingerprint density at radius 2 is 2.00 bits per heavy atom. The molecule has 12 heteroatoms. The highest BCUT2D eigenvalue weighted by Crippen LogP contribution is 2.39. The molecule has 0 unspecified atom stereocenters. The number of halogens is 5. The molecule has 2 aromatic heterocycles. The minimum absolute atomic E-state index is 0.0424. The minimum Gasteiger partial charge on any atom is -0.474 e. The van der Waals surface area contributed by atoms with E-state index in [0.717, 1.165) is 6.20 Å². The zero-order valence-corrected chi connectivity index (χ0v) is 14.0. The Hall–Kier alpha value is -3.05. The highest BCUT2D eigenvalue weighted by atomic mass is 19.3. The third kappa shape index (κ3) is 4.81. The molecule has 1 saturated carbocycles. The molecular weight excluding hydrogens is 391 g/mol. The molecule has 0 aliphatic heterocycles. The van der Waals surface area contributed by atoms with Crippen molar-refractivity contribution in [2.24, 2.45) is 0 Å². The summed E-state index contributed by atoms with van der Waals surface area (Å²) in [6.07, 6.45) is 1.81. The molecule has 0 aromatic carbocycles. The SMILES string of the molecule is O=C(NCc1cncnc1OC1CC(F)(F)C1)c1cnc(OC(F)F)c(F)c1. The van der Waals surface area contributed by atoms with Crippen LogP contribution >= 0.6 is 0 Å². The summed E-state index contributed by atoms with van der Waals surface area (Å²) in [5, 5.41) is 2.43. The smallest absolute Gasteiger partial charge is 0.388 e. The molecule has 0 spiro atoms. The molecule has 1 aliphatic carbocycles. The van der Waals surface area contributed by atoms with E-state index in [1.54, 1.807) is 0 Å². The summed E-state index contributed by atoms with van der Waals surface area (Å²) in [5.74, 6) is -5.65. The van der Waals surface area contributed by atoms with E-state index in [4.69, 9.17) is 4.74 Å². The van der Waals surface area contributed by atoms with Crippen LogP contribution in [0.1, 0.15) is 28.8 Å². The number of aromatic nitrogens is 3. The van der Waals surface area contributed by atoms with Crippen LogP contribution in [0, 0.1) is 5.82 Å². The summed E-state index contributed by atoms with van der Waals surface area (Å²) in [5.41, 5.74) is 0.0780. The number of amides is 1. The number of nitrogens with one attached hydrogen (secondary N) is 1. The molecule has 7 nitrogen and oxygen atoms in total. The Kier molecular flexibility index (Phi) is 5.56. The van der Waals surface area contributed by atoms with Crippen LogP contribution in [0.15, 0.2) is 24.8 Å². The molecule has 2 heterocycles. The van der Waals surface area contributed by atoms with Crippen LogP contribution < -0.4 is 14.8 Å². The fourth-order valence-electron chi connectivity index (χ4n) is 2.42. The number of alkyl halides is 4. The maximum Gasteiger partial charge on any atom is 0.388 e. The maximum atomic E-state index is 13.6. The third-order valence-electron chi connectivity index (χ3n) is 3.79. The van der Waals surface area contributed by atoms with Gasteiger partial charge in [0.15, 0.2) is 5.82 Å². The van der Waals surface area contributed by atoms with Crippen molar-refractivity contribution >= 4 is 5.91 Å². The van der Waals surface area contributed by atoms with Crippen LogP contribution in [0.5, 0.6) is 11.8 Å². The van der Waals surface area contributed by atoms with Crippen LogP contribution in [0.25, 0.3) is 0 Å². The lowest BCUT2D eigenvalue weighted by atomic mass is 9.91. The van der Waals surface area contributed by atoms with E-state index in [1.807, 2.05) is 0 Å². The first-order valence-corrected chi connectivity index (χ1v) is 7.95. The zero-order chi connectivity index (χ0) is 20.3. The summed E-state index contributed by atoms with van der Waals surface area (Å²) in [6, 6.07) is 0.690. The van der Waals surface area contributed by atoms with Gasteiger partial charge in [-0.1, -0.05) is 0 Å². The third-order valence-corrected chi connectivity index (χ3v) is 3.79. The zero-order valence-electron chi connectivity index (χ0n) is 14.0. The van der Waals surface area contributed by atoms with Crippen molar-refractivity contribution < 1.29 is 36.2 Å². The van der Waals surface area contributed by atoms with Gasteiger partial charge in [0.1, 0.15) is 12.4 Å². The standard InChI is InChI=1S/C16H13F5N4O3/c17-11-1-8(5-24-14(11)28-15(18)19)12(26)23-6-9-4-22-7-25-13(9)27-10-2-16(20,21)3-10/h1,4-5,7,10,15H,2-3,6H2,(H,23,26). The molecule has 2 aromatic rings. The van der Waals surface area contributed by atoms with E-state index in [2.05, 4.69) is 25.0 Å². The molecule has 0 bridgehead atoms. The van der Waals surface area contributed by atoms with E-state index in [9.17, 15) is 26.7 Å². The van der Waals surface area contributed by atoms with E-state index in [1.165, 1.54) is 12.5 Å². The van der Waals surface area contributed by atoms with Crippen molar-refractivity contribution in [3.8, 4) is 11.8 Å². The van der Waals surface area contributed by atoms with Gasteiger partial charge < -0.3 is 14.8 Å². The average Bonchev–Trinajstić information content (AvgIpc) is 2.60. The van der Waals surface area contributed by atoms with Crippen molar-refractivity contribution in [2.75, 3.05) is 0 Å². The van der Waals surface area contributed by atoms with Gasteiger partial charge in [0.2, 0.25) is 5.88 Å². The molecule has 0 saturated heterocycles. The normalized spacial score (nSPS) is 15.8. The predicted molar refractivity (Wildman–Crippen MR) is 82.6 cm³/mol. The Morgan fingerprint density at radius 1 is 1.25 bits per heavy atom. The summed E-state index contributed by atoms with van der Waals surface area (Å²) >= 11 is 0. The lowest BCUT2D eigenvalue weighted by Gasteiger charge is -2.34. The fourth-order valence-corrected chi connectivity index (χ4v) is 2.42. The number of carbonyl (C=O) groups excluding carboxylic acids is 1. The van der Waals surface area contributed by atoms with Crippen LogP contribution in [-0.2, 0) is 6.54 Å². The first kappa shape index (κ1) is 19.7. The van der Waals surface area contributed by atoms with Crippen LogP contribution in [0.3, 0.4) is 0 Å². The summed E-state index contributed by atoms with van der Waals surface area (Å²) < 4.78 is 72.9. The van der Waals surface area contributed by atoms with E-state index in [-0.39, 0.29) is 18.0 Å². The number of ether oxygens (including phenoxy) is 2. The van der Waals surface area contributed by atoms with Crippen molar-refractivity contribution in [3.05, 3.63) is 41.7 Å². The van der Waals surface area contributed by atoms with Crippen molar-refractivity contribution in [2.45, 2.75) is 38.0 Å². The highest BCUT2D eigenvalue weighted by molar-refractivity contribution is 5.93. The highest BCUT2D eigenvalue weighted by Gasteiger charge is 2.47. The minimum atomic E-state index is -3.26. The van der Waals surface area contributed by atoms with E-state index >= 15 is 0 Å². The van der Waals surface area contributed by atoms with Crippen LogP contribution in [0.4, 0.5) is 22.0 Å².